The van der Waals surface area contributed by atoms with E-state index < -0.39 is 30.7 Å². The first-order valence-electron chi connectivity index (χ1n) is 5.44. The predicted octanol–water partition coefficient (Wildman–Crippen LogP) is 0.0497. The molecule has 3 N–H and O–H groups in total. The van der Waals surface area contributed by atoms with Gasteiger partial charge in [-0.25, -0.2) is 4.39 Å². The monoisotopic (exact) mass is 258 g/mol. The van der Waals surface area contributed by atoms with Crippen LogP contribution in [0, 0.1) is 0 Å². The molecule has 0 aromatic carbocycles. The van der Waals surface area contributed by atoms with E-state index in [0.717, 1.165) is 0 Å². The summed E-state index contributed by atoms with van der Waals surface area (Å²) in [6.07, 6.45) is -1.00. The van der Waals surface area contributed by atoms with Crippen molar-refractivity contribution in [3.8, 4) is 0 Å². The number of halogens is 1. The van der Waals surface area contributed by atoms with E-state index in [9.17, 15) is 14.6 Å². The lowest BCUT2D eigenvalue weighted by Crippen LogP contribution is -2.48. The van der Waals surface area contributed by atoms with Crippen molar-refractivity contribution < 1.29 is 24.4 Å². The number of hydrogen-bond acceptors (Lipinski definition) is 5. The minimum Gasteiger partial charge on any atom is -0.493 e. The summed E-state index contributed by atoms with van der Waals surface area (Å²) >= 11 is 0. The minimum absolute atomic E-state index is 0.0923. The van der Waals surface area contributed by atoms with Gasteiger partial charge in [0, 0.05) is 12.3 Å². The summed E-state index contributed by atoms with van der Waals surface area (Å²) < 4.78 is 19.7. The Morgan fingerprint density at radius 2 is 2.33 bits per heavy atom. The van der Waals surface area contributed by atoms with Crippen LogP contribution in [0.25, 0.3) is 0 Å². The first-order valence-corrected chi connectivity index (χ1v) is 5.44. The molecule has 100 valence electrons. The second kappa shape index (κ2) is 4.34. The van der Waals surface area contributed by atoms with Gasteiger partial charge in [0.1, 0.15) is 18.0 Å². The fourth-order valence-corrected chi connectivity index (χ4v) is 2.04. The van der Waals surface area contributed by atoms with Crippen molar-refractivity contribution in [1.29, 1.82) is 0 Å². The Labute approximate surface area is 103 Å². The molecular weight excluding hydrogens is 243 g/mol. The molecular formula is C11H15FN2O4. The Morgan fingerprint density at radius 1 is 1.67 bits per heavy atom. The molecule has 2 heterocycles. The molecule has 18 heavy (non-hydrogen) atoms. The van der Waals surface area contributed by atoms with Gasteiger partial charge in [-0.05, 0) is 6.92 Å². The van der Waals surface area contributed by atoms with E-state index in [2.05, 4.69) is 11.6 Å². The van der Waals surface area contributed by atoms with Gasteiger partial charge in [0.25, 0.3) is 0 Å². The third-order valence-electron chi connectivity index (χ3n) is 3.08. The largest absolute Gasteiger partial charge is 0.493 e. The lowest BCUT2D eigenvalue weighted by molar-refractivity contribution is -0.0767. The SMILES string of the molecule is C=C1N=C(O)C=CN1C1OC(CO)C(O)C1(C)F. The summed E-state index contributed by atoms with van der Waals surface area (Å²) in [5, 5.41) is 27.9. The first kappa shape index (κ1) is 13.0. The number of aliphatic hydroxyl groups is 3. The van der Waals surface area contributed by atoms with Crippen molar-refractivity contribution in [2.45, 2.75) is 31.0 Å². The van der Waals surface area contributed by atoms with Crippen LogP contribution < -0.4 is 0 Å². The van der Waals surface area contributed by atoms with Crippen LogP contribution in [0.4, 0.5) is 4.39 Å². The number of aliphatic hydroxyl groups excluding tert-OH is 3. The first-order chi connectivity index (χ1) is 8.37. The van der Waals surface area contributed by atoms with E-state index in [0.29, 0.717) is 0 Å². The topological polar surface area (TPSA) is 85.5 Å². The van der Waals surface area contributed by atoms with Gasteiger partial charge in [0.05, 0.1) is 6.61 Å². The van der Waals surface area contributed by atoms with E-state index in [1.807, 2.05) is 0 Å². The van der Waals surface area contributed by atoms with Gasteiger partial charge >= 0.3 is 0 Å². The Balaban J connectivity index is 2.25. The van der Waals surface area contributed by atoms with Crippen molar-refractivity contribution in [1.82, 2.24) is 4.90 Å². The molecule has 2 aliphatic heterocycles. The molecule has 7 heteroatoms. The summed E-state index contributed by atoms with van der Waals surface area (Å²) in [5.74, 6) is -0.149. The highest BCUT2D eigenvalue weighted by Crippen LogP contribution is 2.38. The van der Waals surface area contributed by atoms with Crippen molar-refractivity contribution in [2.75, 3.05) is 6.61 Å². The fraction of sp³-hybridized carbons (Fsp3) is 0.545. The zero-order valence-corrected chi connectivity index (χ0v) is 9.82. The molecule has 0 spiro atoms. The van der Waals surface area contributed by atoms with Crippen molar-refractivity contribution in [2.24, 2.45) is 4.99 Å². The van der Waals surface area contributed by atoms with E-state index in [1.165, 1.54) is 24.1 Å². The highest BCUT2D eigenvalue weighted by molar-refractivity contribution is 5.87. The van der Waals surface area contributed by atoms with E-state index >= 15 is 0 Å². The standard InChI is InChI=1S/C11H15FN2O4/c1-6-13-8(16)3-4-14(6)10-11(2,12)9(17)7(5-15)18-10/h3-4,7,9-10,15,17H,1,5H2,2H3,(H,13,16). The Bertz CT molecular complexity index is 421. The van der Waals surface area contributed by atoms with Crippen LogP contribution in [0.3, 0.4) is 0 Å². The zero-order valence-electron chi connectivity index (χ0n) is 9.82. The molecule has 0 aromatic heterocycles. The smallest absolute Gasteiger partial charge is 0.214 e. The van der Waals surface area contributed by atoms with Gasteiger partial charge in [-0.1, -0.05) is 6.58 Å². The molecule has 4 unspecified atom stereocenters. The highest BCUT2D eigenvalue weighted by atomic mass is 19.1. The molecule has 1 fully saturated rings. The lowest BCUT2D eigenvalue weighted by atomic mass is 9.98. The molecule has 4 atom stereocenters. The second-order valence-corrected chi connectivity index (χ2v) is 4.41. The third kappa shape index (κ3) is 1.90. The van der Waals surface area contributed by atoms with E-state index in [1.54, 1.807) is 0 Å². The molecule has 0 bridgehead atoms. The van der Waals surface area contributed by atoms with Gasteiger partial charge < -0.3 is 25.0 Å². The quantitative estimate of drug-likeness (QED) is 0.651. The minimum atomic E-state index is -2.09. The number of nitrogens with zero attached hydrogens (tertiary/aromatic N) is 2. The van der Waals surface area contributed by atoms with Crippen molar-refractivity contribution >= 4 is 5.90 Å². The molecule has 6 nitrogen and oxygen atoms in total. The highest BCUT2D eigenvalue weighted by Gasteiger charge is 2.56. The summed E-state index contributed by atoms with van der Waals surface area (Å²) in [6.45, 7) is 4.26. The normalized spacial score (nSPS) is 40.2. The molecule has 0 saturated carbocycles. The number of ether oxygens (including phenoxy) is 1. The third-order valence-corrected chi connectivity index (χ3v) is 3.08. The van der Waals surface area contributed by atoms with Crippen LogP contribution in [0.1, 0.15) is 6.92 Å². The van der Waals surface area contributed by atoms with Crippen LogP contribution in [0.15, 0.2) is 29.7 Å². The maximum absolute atomic E-state index is 14.4. The summed E-state index contributed by atoms with van der Waals surface area (Å²) in [5.41, 5.74) is -2.09. The number of hydrogen-bond donors (Lipinski definition) is 3. The Kier molecular flexibility index (Phi) is 3.14. The number of aliphatic imine (C=N–C) groups is 1. The molecule has 0 aromatic rings. The van der Waals surface area contributed by atoms with Gasteiger partial charge in [-0.15, -0.1) is 0 Å². The Morgan fingerprint density at radius 3 is 2.83 bits per heavy atom. The van der Waals surface area contributed by atoms with E-state index in [-0.39, 0.29) is 11.7 Å². The van der Waals surface area contributed by atoms with Crippen molar-refractivity contribution in [3.63, 3.8) is 0 Å². The van der Waals surface area contributed by atoms with Crippen LogP contribution in [-0.4, -0.2) is 56.8 Å². The molecule has 2 rings (SSSR count). The molecule has 0 radical (unpaired) electrons. The van der Waals surface area contributed by atoms with Gasteiger partial charge in [0.2, 0.25) is 5.90 Å². The molecule has 0 amide bonds. The second-order valence-electron chi connectivity index (χ2n) is 4.41. The lowest BCUT2D eigenvalue weighted by Gasteiger charge is -2.33. The molecule has 0 aliphatic carbocycles. The van der Waals surface area contributed by atoms with Crippen LogP contribution in [0.2, 0.25) is 0 Å². The van der Waals surface area contributed by atoms with Crippen LogP contribution >= 0.6 is 0 Å². The van der Waals surface area contributed by atoms with Crippen LogP contribution in [-0.2, 0) is 4.74 Å². The van der Waals surface area contributed by atoms with Gasteiger partial charge in [0.15, 0.2) is 11.9 Å². The number of rotatable bonds is 2. The summed E-state index contributed by atoms with van der Waals surface area (Å²) in [7, 11) is 0. The molecule has 1 saturated heterocycles. The summed E-state index contributed by atoms with van der Waals surface area (Å²) in [6, 6.07) is 0. The average Bonchev–Trinajstić information content (AvgIpc) is 2.52. The molecule has 2 aliphatic rings. The number of alkyl halides is 1. The van der Waals surface area contributed by atoms with Gasteiger partial charge in [-0.3, -0.25) is 0 Å². The fourth-order valence-electron chi connectivity index (χ4n) is 2.04. The maximum Gasteiger partial charge on any atom is 0.214 e. The van der Waals surface area contributed by atoms with Gasteiger partial charge in [-0.2, -0.15) is 4.99 Å². The zero-order chi connectivity index (χ0) is 13.5. The van der Waals surface area contributed by atoms with Crippen molar-refractivity contribution in [3.05, 3.63) is 24.7 Å². The summed E-state index contributed by atoms with van der Waals surface area (Å²) in [4.78, 5) is 4.94. The average molecular weight is 258 g/mol. The van der Waals surface area contributed by atoms with E-state index in [4.69, 9.17) is 9.84 Å². The maximum atomic E-state index is 14.4. The Hall–Kier alpha value is -1.44. The van der Waals surface area contributed by atoms with Crippen LogP contribution in [0.5, 0.6) is 0 Å². The predicted molar refractivity (Wildman–Crippen MR) is 61.4 cm³/mol.